The fourth-order valence-corrected chi connectivity index (χ4v) is 6.66. The summed E-state index contributed by atoms with van der Waals surface area (Å²) in [7, 11) is -5.76. The largest absolute Gasteiger partial charge is 0.379 e. The molecule has 0 fully saturated rings. The third-order valence-corrected chi connectivity index (χ3v) is 8.88. The zero-order chi connectivity index (χ0) is 18.8. The highest BCUT2D eigenvalue weighted by atomic mass is 35.5. The van der Waals surface area contributed by atoms with Crippen LogP contribution in [0.4, 0.5) is 5.69 Å². The molecule has 136 valence electrons. The number of aliphatic hydroxyl groups is 1. The van der Waals surface area contributed by atoms with E-state index in [1.54, 1.807) is 0 Å². The molecule has 0 spiro atoms. The van der Waals surface area contributed by atoms with Crippen LogP contribution >= 0.6 is 26.8 Å². The van der Waals surface area contributed by atoms with E-state index < -0.39 is 36.4 Å². The molecule has 1 N–H and O–H groups in total. The molecule has 0 unspecified atom stereocenters. The standard InChI is InChI=1S/C11H16ClNO9P2/c1-19-23(17,20-2)11(14,24(18,21-3)22-4)9-7-8(12)5-6-10(9)13(15)16/h5-7,14H,1-4H3. The molecule has 0 atom stereocenters. The number of halogens is 1. The molecule has 10 nitrogen and oxygen atoms in total. The number of rotatable bonds is 8. The lowest BCUT2D eigenvalue weighted by Gasteiger charge is -2.36. The predicted molar refractivity (Wildman–Crippen MR) is 85.3 cm³/mol. The van der Waals surface area contributed by atoms with E-state index in [1.807, 2.05) is 0 Å². The smallest absolute Gasteiger partial charge is 0.364 e. The van der Waals surface area contributed by atoms with Gasteiger partial charge in [0.2, 0.25) is 0 Å². The van der Waals surface area contributed by atoms with Gasteiger partial charge in [-0.1, -0.05) is 11.6 Å². The quantitative estimate of drug-likeness (QED) is 0.394. The number of nitro groups is 1. The first kappa shape index (κ1) is 21.2. The van der Waals surface area contributed by atoms with Crippen molar-refractivity contribution in [2.45, 2.75) is 5.08 Å². The van der Waals surface area contributed by atoms with E-state index in [0.717, 1.165) is 40.6 Å². The van der Waals surface area contributed by atoms with Gasteiger partial charge in [-0.15, -0.1) is 0 Å². The minimum atomic E-state index is -4.69. The van der Waals surface area contributed by atoms with Crippen molar-refractivity contribution in [3.8, 4) is 0 Å². The van der Waals surface area contributed by atoms with Crippen LogP contribution in [0.1, 0.15) is 5.56 Å². The van der Waals surface area contributed by atoms with E-state index >= 15 is 0 Å². The zero-order valence-electron chi connectivity index (χ0n) is 13.2. The summed E-state index contributed by atoms with van der Waals surface area (Å²) >= 11 is 5.82. The summed E-state index contributed by atoms with van der Waals surface area (Å²) < 4.78 is 44.7. The van der Waals surface area contributed by atoms with Crippen LogP contribution in [0.5, 0.6) is 0 Å². The summed E-state index contributed by atoms with van der Waals surface area (Å²) in [5, 5.41) is 19.2. The Morgan fingerprint density at radius 3 is 1.83 bits per heavy atom. The molecule has 0 saturated heterocycles. The van der Waals surface area contributed by atoms with Gasteiger partial charge in [0.1, 0.15) is 0 Å². The Labute approximate surface area is 142 Å². The molecular weight excluding hydrogens is 388 g/mol. The summed E-state index contributed by atoms with van der Waals surface area (Å²) in [5.41, 5.74) is -1.43. The van der Waals surface area contributed by atoms with Gasteiger partial charge in [0.15, 0.2) is 0 Å². The van der Waals surface area contributed by atoms with E-state index in [-0.39, 0.29) is 5.02 Å². The molecule has 0 heterocycles. The van der Waals surface area contributed by atoms with Gasteiger partial charge in [0, 0.05) is 39.5 Å². The third-order valence-electron chi connectivity index (χ3n) is 3.24. The Kier molecular flexibility index (Phi) is 6.71. The Morgan fingerprint density at radius 2 is 1.50 bits per heavy atom. The van der Waals surface area contributed by atoms with Gasteiger partial charge in [-0.3, -0.25) is 19.2 Å². The van der Waals surface area contributed by atoms with E-state index in [1.165, 1.54) is 6.07 Å². The summed E-state index contributed by atoms with van der Waals surface area (Å²) in [6, 6.07) is 3.02. The Bertz CT molecular complexity index is 683. The van der Waals surface area contributed by atoms with Crippen LogP contribution in [0, 0.1) is 10.1 Å². The van der Waals surface area contributed by atoms with Gasteiger partial charge >= 0.3 is 20.3 Å². The fraction of sp³-hybridized carbons (Fsp3) is 0.455. The van der Waals surface area contributed by atoms with Crippen molar-refractivity contribution in [3.63, 3.8) is 0 Å². The van der Waals surface area contributed by atoms with E-state index in [0.29, 0.717) is 0 Å². The van der Waals surface area contributed by atoms with Crippen LogP contribution in [0.2, 0.25) is 5.02 Å². The maximum atomic E-state index is 12.9. The lowest BCUT2D eigenvalue weighted by atomic mass is 10.2. The Morgan fingerprint density at radius 1 is 1.08 bits per heavy atom. The first-order valence-corrected chi connectivity index (χ1v) is 9.63. The van der Waals surface area contributed by atoms with Crippen LogP contribution in [-0.4, -0.2) is 38.5 Å². The lowest BCUT2D eigenvalue weighted by molar-refractivity contribution is -0.386. The molecule has 24 heavy (non-hydrogen) atoms. The summed E-state index contributed by atoms with van der Waals surface area (Å²) in [5.74, 6) is 0. The van der Waals surface area contributed by atoms with E-state index in [9.17, 15) is 24.4 Å². The Hall–Kier alpha value is -0.830. The first-order valence-electron chi connectivity index (χ1n) is 6.17. The lowest BCUT2D eigenvalue weighted by Crippen LogP contribution is -2.30. The monoisotopic (exact) mass is 403 g/mol. The number of nitrogens with zero attached hydrogens (tertiary/aromatic N) is 1. The highest BCUT2D eigenvalue weighted by Gasteiger charge is 2.67. The Balaban J connectivity index is 4.01. The highest BCUT2D eigenvalue weighted by Crippen LogP contribution is 2.80. The molecule has 1 aromatic rings. The molecule has 1 aromatic carbocycles. The third kappa shape index (κ3) is 3.16. The van der Waals surface area contributed by atoms with Crippen LogP contribution in [0.25, 0.3) is 0 Å². The molecule has 0 radical (unpaired) electrons. The molecule has 0 aromatic heterocycles. The van der Waals surface area contributed by atoms with Crippen molar-refractivity contribution in [2.24, 2.45) is 0 Å². The molecule has 0 amide bonds. The molecule has 1 rings (SSSR count). The second-order valence-corrected chi connectivity index (χ2v) is 9.81. The average Bonchev–Trinajstić information content (AvgIpc) is 2.58. The normalized spacial score (nSPS) is 13.1. The summed E-state index contributed by atoms with van der Waals surface area (Å²) in [6.45, 7) is 0. The highest BCUT2D eigenvalue weighted by molar-refractivity contribution is 7.73. The number of hydrogen-bond donors (Lipinski definition) is 1. The van der Waals surface area contributed by atoms with Gasteiger partial charge in [-0.2, -0.15) is 0 Å². The fourth-order valence-electron chi connectivity index (χ4n) is 2.04. The minimum absolute atomic E-state index is 0.0634. The number of benzene rings is 1. The SMILES string of the molecule is COP(=O)(OC)C(O)(c1cc(Cl)ccc1[N+](=O)[O-])P(=O)(OC)OC. The van der Waals surface area contributed by atoms with Gasteiger partial charge in [-0.05, 0) is 12.1 Å². The maximum absolute atomic E-state index is 12.9. The summed E-state index contributed by atoms with van der Waals surface area (Å²) in [4.78, 5) is 10.4. The zero-order valence-corrected chi connectivity index (χ0v) is 15.7. The second-order valence-electron chi connectivity index (χ2n) is 4.28. The van der Waals surface area contributed by atoms with Crippen LogP contribution in [0.3, 0.4) is 0 Å². The molecule has 0 aliphatic rings. The minimum Gasteiger partial charge on any atom is -0.364 e. The maximum Gasteiger partial charge on any atom is 0.379 e. The van der Waals surface area contributed by atoms with Crippen LogP contribution in [0.15, 0.2) is 18.2 Å². The average molecular weight is 404 g/mol. The molecular formula is C11H16ClNO9P2. The molecule has 0 saturated carbocycles. The molecule has 0 bridgehead atoms. The molecule has 0 aliphatic heterocycles. The van der Waals surface area contributed by atoms with Crippen LogP contribution in [-0.2, 0) is 32.3 Å². The molecule has 0 aliphatic carbocycles. The second kappa shape index (κ2) is 7.59. The van der Waals surface area contributed by atoms with Crippen molar-refractivity contribution in [1.29, 1.82) is 0 Å². The van der Waals surface area contributed by atoms with Crippen LogP contribution < -0.4 is 0 Å². The first-order chi connectivity index (χ1) is 11.1. The van der Waals surface area contributed by atoms with Gasteiger partial charge in [0.25, 0.3) is 5.69 Å². The van der Waals surface area contributed by atoms with Crippen molar-refractivity contribution in [2.75, 3.05) is 28.4 Å². The summed E-state index contributed by atoms with van der Waals surface area (Å²) in [6.07, 6.45) is 0. The number of hydrogen-bond acceptors (Lipinski definition) is 9. The van der Waals surface area contributed by atoms with Crippen molar-refractivity contribution in [3.05, 3.63) is 38.9 Å². The predicted octanol–water partition coefficient (Wildman–Crippen LogP) is 3.32. The van der Waals surface area contributed by atoms with Crippen molar-refractivity contribution < 1.29 is 37.3 Å². The molecule has 13 heteroatoms. The van der Waals surface area contributed by atoms with Crippen molar-refractivity contribution in [1.82, 2.24) is 0 Å². The van der Waals surface area contributed by atoms with Crippen molar-refractivity contribution >= 4 is 32.5 Å². The van der Waals surface area contributed by atoms with E-state index in [2.05, 4.69) is 0 Å². The van der Waals surface area contributed by atoms with Gasteiger partial charge in [0.05, 0.1) is 10.5 Å². The van der Waals surface area contributed by atoms with E-state index in [4.69, 9.17) is 29.7 Å². The van der Waals surface area contributed by atoms with Gasteiger partial charge < -0.3 is 23.2 Å². The number of nitro benzene ring substituents is 1. The van der Waals surface area contributed by atoms with Gasteiger partial charge in [-0.25, -0.2) is 0 Å². The topological polar surface area (TPSA) is 134 Å².